The Morgan fingerprint density at radius 3 is 3.00 bits per heavy atom. The molecule has 2 fully saturated rings. The molecule has 0 N–H and O–H groups in total. The van der Waals surface area contributed by atoms with Crippen molar-refractivity contribution in [3.63, 3.8) is 0 Å². The predicted molar refractivity (Wildman–Crippen MR) is 40.1 cm³/mol. The SMILES string of the molecule is C=C1CC[N+]2([O-])CCCC12. The molecule has 10 heavy (non-hydrogen) atoms. The van der Waals surface area contributed by atoms with Crippen LogP contribution in [0.15, 0.2) is 12.2 Å². The summed E-state index contributed by atoms with van der Waals surface area (Å²) in [5, 5.41) is 11.8. The summed E-state index contributed by atoms with van der Waals surface area (Å²) >= 11 is 0. The van der Waals surface area contributed by atoms with Crippen molar-refractivity contribution in [2.45, 2.75) is 25.3 Å². The second kappa shape index (κ2) is 1.83. The van der Waals surface area contributed by atoms with Crippen LogP contribution in [0.25, 0.3) is 0 Å². The van der Waals surface area contributed by atoms with Gasteiger partial charge in [-0.15, -0.1) is 0 Å². The highest BCUT2D eigenvalue weighted by Gasteiger charge is 2.41. The van der Waals surface area contributed by atoms with E-state index in [1.807, 2.05) is 0 Å². The molecular weight excluding hydrogens is 126 g/mol. The van der Waals surface area contributed by atoms with Crippen LogP contribution in [0.1, 0.15) is 19.3 Å². The number of fused-ring (bicyclic) bond motifs is 1. The van der Waals surface area contributed by atoms with Gasteiger partial charge in [0.25, 0.3) is 0 Å². The molecule has 2 unspecified atom stereocenters. The zero-order chi connectivity index (χ0) is 7.19. The van der Waals surface area contributed by atoms with Crippen molar-refractivity contribution in [1.29, 1.82) is 0 Å². The Bertz CT molecular complexity index is 178. The van der Waals surface area contributed by atoms with Gasteiger partial charge in [-0.25, -0.2) is 0 Å². The molecule has 2 aliphatic heterocycles. The van der Waals surface area contributed by atoms with Crippen LogP contribution in [-0.4, -0.2) is 23.8 Å². The summed E-state index contributed by atoms with van der Waals surface area (Å²) < 4.78 is 0.0544. The zero-order valence-corrected chi connectivity index (χ0v) is 6.18. The molecule has 0 amide bonds. The van der Waals surface area contributed by atoms with Crippen LogP contribution in [0, 0.1) is 5.21 Å². The van der Waals surface area contributed by atoms with Gasteiger partial charge in [0.1, 0.15) is 6.04 Å². The van der Waals surface area contributed by atoms with Gasteiger partial charge in [0.05, 0.1) is 13.1 Å². The predicted octanol–water partition coefficient (Wildman–Crippen LogP) is 1.42. The Morgan fingerprint density at radius 2 is 2.30 bits per heavy atom. The van der Waals surface area contributed by atoms with Crippen LogP contribution in [0.4, 0.5) is 0 Å². The second-order valence-corrected chi connectivity index (χ2v) is 3.47. The highest BCUT2D eigenvalue weighted by Crippen LogP contribution is 2.37. The van der Waals surface area contributed by atoms with Gasteiger partial charge in [-0.2, -0.15) is 0 Å². The maximum Gasteiger partial charge on any atom is 0.110 e. The van der Waals surface area contributed by atoms with E-state index >= 15 is 0 Å². The van der Waals surface area contributed by atoms with E-state index in [0.29, 0.717) is 0 Å². The van der Waals surface area contributed by atoms with Gasteiger partial charge in [0.15, 0.2) is 0 Å². The number of nitrogens with zero attached hydrogens (tertiary/aromatic N) is 1. The minimum absolute atomic E-state index is 0.0544. The lowest BCUT2D eigenvalue weighted by Gasteiger charge is -2.38. The first kappa shape index (κ1) is 6.38. The normalized spacial score (nSPS) is 46.1. The van der Waals surface area contributed by atoms with E-state index in [0.717, 1.165) is 32.4 Å². The Balaban J connectivity index is 2.27. The molecule has 2 saturated heterocycles. The molecule has 0 aliphatic carbocycles. The third kappa shape index (κ3) is 0.662. The van der Waals surface area contributed by atoms with Crippen LogP contribution in [0.2, 0.25) is 0 Å². The molecule has 0 saturated carbocycles. The average Bonchev–Trinajstić information content (AvgIpc) is 2.35. The van der Waals surface area contributed by atoms with Gasteiger partial charge >= 0.3 is 0 Å². The van der Waals surface area contributed by atoms with Crippen molar-refractivity contribution in [3.8, 4) is 0 Å². The van der Waals surface area contributed by atoms with Crippen molar-refractivity contribution >= 4 is 0 Å². The van der Waals surface area contributed by atoms with E-state index in [-0.39, 0.29) is 10.7 Å². The quantitative estimate of drug-likeness (QED) is 0.283. The third-order valence-corrected chi connectivity index (χ3v) is 2.86. The van der Waals surface area contributed by atoms with Crippen LogP contribution < -0.4 is 0 Å². The molecule has 2 heterocycles. The lowest BCUT2D eigenvalue weighted by atomic mass is 10.1. The number of hydrogen-bond donors (Lipinski definition) is 0. The van der Waals surface area contributed by atoms with Crippen molar-refractivity contribution in [1.82, 2.24) is 0 Å². The highest BCUT2D eigenvalue weighted by atomic mass is 16.5. The molecule has 0 bridgehead atoms. The molecule has 2 atom stereocenters. The Kier molecular flexibility index (Phi) is 1.17. The number of rotatable bonds is 0. The number of quaternary nitrogens is 1. The molecule has 2 heteroatoms. The summed E-state index contributed by atoms with van der Waals surface area (Å²) in [4.78, 5) is 0. The number of hydrogen-bond acceptors (Lipinski definition) is 1. The lowest BCUT2D eigenvalue weighted by Crippen LogP contribution is -2.41. The molecule has 0 aromatic rings. The maximum atomic E-state index is 11.8. The molecule has 2 aliphatic rings. The molecule has 56 valence electrons. The average molecular weight is 139 g/mol. The van der Waals surface area contributed by atoms with Gasteiger partial charge < -0.3 is 9.85 Å². The van der Waals surface area contributed by atoms with Crippen LogP contribution in [0.5, 0.6) is 0 Å². The van der Waals surface area contributed by atoms with Crippen molar-refractivity contribution < 1.29 is 4.65 Å². The van der Waals surface area contributed by atoms with Gasteiger partial charge in [-0.1, -0.05) is 6.58 Å². The summed E-state index contributed by atoms with van der Waals surface area (Å²) in [5.74, 6) is 0. The standard InChI is InChI=1S/C8H13NO/c1-7-4-6-9(10)5-2-3-8(7)9/h8H,1-6H2. The minimum atomic E-state index is 0.0544. The van der Waals surface area contributed by atoms with E-state index in [4.69, 9.17) is 0 Å². The van der Waals surface area contributed by atoms with Crippen molar-refractivity contribution in [3.05, 3.63) is 17.4 Å². The fourth-order valence-corrected chi connectivity index (χ4v) is 2.25. The molecule has 0 aromatic carbocycles. The molecule has 2 rings (SSSR count). The zero-order valence-electron chi connectivity index (χ0n) is 6.18. The summed E-state index contributed by atoms with van der Waals surface area (Å²) in [6, 6.07) is 0.278. The monoisotopic (exact) mass is 139 g/mol. The van der Waals surface area contributed by atoms with E-state index < -0.39 is 0 Å². The summed E-state index contributed by atoms with van der Waals surface area (Å²) in [5.41, 5.74) is 1.20. The van der Waals surface area contributed by atoms with Crippen molar-refractivity contribution in [2.75, 3.05) is 13.1 Å². The minimum Gasteiger partial charge on any atom is -0.632 e. The maximum absolute atomic E-state index is 11.8. The van der Waals surface area contributed by atoms with Crippen LogP contribution >= 0.6 is 0 Å². The van der Waals surface area contributed by atoms with Crippen LogP contribution in [-0.2, 0) is 0 Å². The van der Waals surface area contributed by atoms with Crippen LogP contribution in [0.3, 0.4) is 0 Å². The molecule has 0 spiro atoms. The fourth-order valence-electron chi connectivity index (χ4n) is 2.25. The van der Waals surface area contributed by atoms with E-state index in [2.05, 4.69) is 6.58 Å². The molecule has 2 nitrogen and oxygen atoms in total. The van der Waals surface area contributed by atoms with E-state index in [1.165, 1.54) is 5.57 Å². The van der Waals surface area contributed by atoms with Gasteiger partial charge in [0, 0.05) is 19.3 Å². The lowest BCUT2D eigenvalue weighted by molar-refractivity contribution is -0.876. The third-order valence-electron chi connectivity index (χ3n) is 2.86. The first-order valence-corrected chi connectivity index (χ1v) is 3.98. The van der Waals surface area contributed by atoms with Gasteiger partial charge in [-0.3, -0.25) is 0 Å². The number of hydroxylamine groups is 3. The topological polar surface area (TPSA) is 23.1 Å². The second-order valence-electron chi connectivity index (χ2n) is 3.47. The Morgan fingerprint density at radius 1 is 1.50 bits per heavy atom. The Labute approximate surface area is 61.3 Å². The van der Waals surface area contributed by atoms with Gasteiger partial charge in [-0.05, 0) is 5.57 Å². The summed E-state index contributed by atoms with van der Waals surface area (Å²) in [6.07, 6.45) is 3.16. The van der Waals surface area contributed by atoms with Gasteiger partial charge in [0.2, 0.25) is 0 Å². The molecular formula is C8H13NO. The summed E-state index contributed by atoms with van der Waals surface area (Å²) in [7, 11) is 0. The first-order chi connectivity index (χ1) is 4.72. The smallest absolute Gasteiger partial charge is 0.110 e. The first-order valence-electron chi connectivity index (χ1n) is 3.98. The largest absolute Gasteiger partial charge is 0.632 e. The molecule has 0 radical (unpaired) electrons. The van der Waals surface area contributed by atoms with E-state index in [1.54, 1.807) is 0 Å². The Hall–Kier alpha value is -0.340. The fraction of sp³-hybridized carbons (Fsp3) is 0.750. The van der Waals surface area contributed by atoms with E-state index in [9.17, 15) is 5.21 Å². The highest BCUT2D eigenvalue weighted by molar-refractivity contribution is 5.08. The van der Waals surface area contributed by atoms with Crippen molar-refractivity contribution in [2.24, 2.45) is 0 Å². The summed E-state index contributed by atoms with van der Waals surface area (Å²) in [6.45, 7) is 5.56. The molecule has 0 aromatic heterocycles.